The Bertz CT molecular complexity index is 1150. The van der Waals surface area contributed by atoms with Gasteiger partial charge < -0.3 is 5.32 Å². The summed E-state index contributed by atoms with van der Waals surface area (Å²) in [5.74, 6) is -0.620. The van der Waals surface area contributed by atoms with E-state index in [1.807, 2.05) is 0 Å². The molecule has 0 fully saturated rings. The van der Waals surface area contributed by atoms with Gasteiger partial charge in [-0.3, -0.25) is 14.1 Å². The summed E-state index contributed by atoms with van der Waals surface area (Å²) in [7, 11) is -3.49. The number of alkyl halides is 2. The number of sulfonamides is 1. The number of halogens is 2. The van der Waals surface area contributed by atoms with E-state index in [4.69, 9.17) is 0 Å². The third kappa shape index (κ3) is 4.53. The Morgan fingerprint density at radius 2 is 1.90 bits per heavy atom. The number of amides is 1. The first-order chi connectivity index (χ1) is 13.7. The molecule has 3 rings (SSSR count). The molecule has 7 nitrogen and oxygen atoms in total. The van der Waals surface area contributed by atoms with Gasteiger partial charge in [-0.1, -0.05) is 18.2 Å². The normalized spacial score (nSPS) is 12.9. The van der Waals surface area contributed by atoms with Gasteiger partial charge in [-0.25, -0.2) is 13.4 Å². The largest absolute Gasteiger partial charge is 0.342 e. The van der Waals surface area contributed by atoms with Gasteiger partial charge in [-0.2, -0.15) is 8.78 Å². The standard InChI is InChI=1S/C19H20F2N4O3S/c1-3-29(27,28)24-14-8-6-7-13(11-14)18(26)22-12(2)17-23-15-9-4-5-10-16(15)25(17)19(20)21/h4-12,19,24H,3H2,1-2H3,(H,22,26). The Kier molecular flexibility index (Phi) is 5.83. The summed E-state index contributed by atoms with van der Waals surface area (Å²) in [6, 6.07) is 11.6. The quantitative estimate of drug-likeness (QED) is 0.607. The van der Waals surface area contributed by atoms with Crippen molar-refractivity contribution in [2.45, 2.75) is 26.4 Å². The van der Waals surface area contributed by atoms with Crippen LogP contribution in [0.5, 0.6) is 0 Å². The molecule has 1 amide bonds. The number of aromatic nitrogens is 2. The number of carbonyl (C=O) groups is 1. The van der Waals surface area contributed by atoms with Gasteiger partial charge in [-0.15, -0.1) is 0 Å². The van der Waals surface area contributed by atoms with E-state index in [0.29, 0.717) is 5.52 Å². The van der Waals surface area contributed by atoms with Crippen molar-refractivity contribution in [2.24, 2.45) is 0 Å². The molecule has 2 aromatic carbocycles. The van der Waals surface area contributed by atoms with Crippen molar-refractivity contribution in [3.63, 3.8) is 0 Å². The van der Waals surface area contributed by atoms with Crippen LogP contribution < -0.4 is 10.0 Å². The first kappa shape index (κ1) is 20.7. The van der Waals surface area contributed by atoms with E-state index in [0.717, 1.165) is 4.57 Å². The van der Waals surface area contributed by atoms with Gasteiger partial charge in [0, 0.05) is 11.3 Å². The number of rotatable bonds is 7. The smallest absolute Gasteiger partial charge is 0.320 e. The summed E-state index contributed by atoms with van der Waals surface area (Å²) >= 11 is 0. The third-order valence-electron chi connectivity index (χ3n) is 4.33. The zero-order valence-corrected chi connectivity index (χ0v) is 16.6. The second-order valence-electron chi connectivity index (χ2n) is 6.39. The van der Waals surface area contributed by atoms with Crippen molar-refractivity contribution in [3.8, 4) is 0 Å². The number of fused-ring (bicyclic) bond motifs is 1. The van der Waals surface area contributed by atoms with Gasteiger partial charge in [0.1, 0.15) is 5.82 Å². The maximum Gasteiger partial charge on any atom is 0.320 e. The minimum absolute atomic E-state index is 0.0254. The van der Waals surface area contributed by atoms with E-state index >= 15 is 0 Å². The van der Waals surface area contributed by atoms with E-state index in [9.17, 15) is 22.0 Å². The van der Waals surface area contributed by atoms with Crippen molar-refractivity contribution in [2.75, 3.05) is 10.5 Å². The van der Waals surface area contributed by atoms with Crippen molar-refractivity contribution in [1.29, 1.82) is 0 Å². The van der Waals surface area contributed by atoms with Crippen LogP contribution in [0.15, 0.2) is 48.5 Å². The topological polar surface area (TPSA) is 93.1 Å². The number of imidazole rings is 1. The number of hydrogen-bond donors (Lipinski definition) is 2. The number of hydrogen-bond acceptors (Lipinski definition) is 4. The zero-order valence-electron chi connectivity index (χ0n) is 15.8. The van der Waals surface area contributed by atoms with Gasteiger partial charge in [-0.05, 0) is 44.2 Å². The third-order valence-corrected chi connectivity index (χ3v) is 5.64. The predicted octanol–water partition coefficient (Wildman–Crippen LogP) is 3.68. The molecule has 0 aliphatic carbocycles. The van der Waals surface area contributed by atoms with Crippen LogP contribution in [-0.2, 0) is 10.0 Å². The number of anilines is 1. The van der Waals surface area contributed by atoms with Crippen LogP contribution >= 0.6 is 0 Å². The fourth-order valence-electron chi connectivity index (χ4n) is 2.89. The number of carbonyl (C=O) groups excluding carboxylic acids is 1. The van der Waals surface area contributed by atoms with E-state index in [1.54, 1.807) is 25.1 Å². The molecule has 1 aromatic heterocycles. The maximum atomic E-state index is 13.6. The van der Waals surface area contributed by atoms with Gasteiger partial charge in [0.15, 0.2) is 0 Å². The SMILES string of the molecule is CCS(=O)(=O)Nc1cccc(C(=O)NC(C)c2nc3ccccc3n2C(F)F)c1. The fourth-order valence-corrected chi connectivity index (χ4v) is 3.52. The molecular weight excluding hydrogens is 402 g/mol. The lowest BCUT2D eigenvalue weighted by molar-refractivity contribution is 0.0688. The Hall–Kier alpha value is -3.01. The molecule has 0 radical (unpaired) electrons. The summed E-state index contributed by atoms with van der Waals surface area (Å²) in [5, 5.41) is 2.64. The fraction of sp³-hybridized carbons (Fsp3) is 0.263. The molecule has 1 heterocycles. The van der Waals surface area contributed by atoms with Crippen LogP contribution in [0.1, 0.15) is 42.6 Å². The lowest BCUT2D eigenvalue weighted by Crippen LogP contribution is -2.29. The van der Waals surface area contributed by atoms with Crippen molar-refractivity contribution >= 4 is 32.7 Å². The minimum Gasteiger partial charge on any atom is -0.342 e. The number of nitrogens with one attached hydrogen (secondary N) is 2. The Morgan fingerprint density at radius 1 is 1.17 bits per heavy atom. The highest BCUT2D eigenvalue weighted by molar-refractivity contribution is 7.92. The van der Waals surface area contributed by atoms with Crippen molar-refractivity contribution < 1.29 is 22.0 Å². The maximum absolute atomic E-state index is 13.6. The first-order valence-corrected chi connectivity index (χ1v) is 10.5. The van der Waals surface area contributed by atoms with E-state index in [2.05, 4.69) is 15.0 Å². The van der Waals surface area contributed by atoms with Gasteiger partial charge >= 0.3 is 6.55 Å². The molecule has 0 spiro atoms. The first-order valence-electron chi connectivity index (χ1n) is 8.88. The summed E-state index contributed by atoms with van der Waals surface area (Å²) in [5.41, 5.74) is 1.11. The second kappa shape index (κ2) is 8.16. The Balaban J connectivity index is 1.85. The van der Waals surface area contributed by atoms with Gasteiger partial charge in [0.25, 0.3) is 5.91 Å². The molecule has 0 saturated heterocycles. The molecule has 1 atom stereocenters. The molecule has 0 aliphatic rings. The summed E-state index contributed by atoms with van der Waals surface area (Å²) in [4.78, 5) is 16.8. The van der Waals surface area contributed by atoms with Crippen molar-refractivity contribution in [1.82, 2.24) is 14.9 Å². The zero-order chi connectivity index (χ0) is 21.2. The molecule has 29 heavy (non-hydrogen) atoms. The van der Waals surface area contributed by atoms with Crippen LogP contribution in [0, 0.1) is 0 Å². The Labute approximate surface area is 166 Å². The highest BCUT2D eigenvalue weighted by Gasteiger charge is 2.23. The summed E-state index contributed by atoms with van der Waals surface area (Å²) < 4.78 is 53.8. The van der Waals surface area contributed by atoms with Crippen LogP contribution in [0.2, 0.25) is 0 Å². The lowest BCUT2D eigenvalue weighted by atomic mass is 10.2. The second-order valence-corrected chi connectivity index (χ2v) is 8.40. The highest BCUT2D eigenvalue weighted by atomic mass is 32.2. The van der Waals surface area contributed by atoms with Gasteiger partial charge in [0.05, 0.1) is 22.8 Å². The highest BCUT2D eigenvalue weighted by Crippen LogP contribution is 2.26. The molecular formula is C19H20F2N4O3S. The van der Waals surface area contributed by atoms with Crippen LogP contribution in [0.4, 0.5) is 14.5 Å². The lowest BCUT2D eigenvalue weighted by Gasteiger charge is -2.16. The van der Waals surface area contributed by atoms with Gasteiger partial charge in [0.2, 0.25) is 10.0 Å². The predicted molar refractivity (Wildman–Crippen MR) is 106 cm³/mol. The van der Waals surface area contributed by atoms with Crippen LogP contribution in [0.25, 0.3) is 11.0 Å². The number of nitrogens with zero attached hydrogens (tertiary/aromatic N) is 2. The molecule has 0 saturated carbocycles. The molecule has 0 aliphatic heterocycles. The molecule has 3 aromatic rings. The molecule has 0 bridgehead atoms. The monoisotopic (exact) mass is 422 g/mol. The summed E-state index contributed by atoms with van der Waals surface area (Å²) in [6.45, 7) is 0.237. The minimum atomic E-state index is -3.49. The van der Waals surface area contributed by atoms with E-state index in [1.165, 1.54) is 37.3 Å². The molecule has 1 unspecified atom stereocenters. The van der Waals surface area contributed by atoms with E-state index < -0.39 is 28.5 Å². The van der Waals surface area contributed by atoms with Crippen LogP contribution in [0.3, 0.4) is 0 Å². The van der Waals surface area contributed by atoms with E-state index in [-0.39, 0.29) is 28.3 Å². The average Bonchev–Trinajstić information content (AvgIpc) is 3.08. The number of para-hydroxylation sites is 2. The van der Waals surface area contributed by atoms with Crippen molar-refractivity contribution in [3.05, 3.63) is 59.9 Å². The Morgan fingerprint density at radius 3 is 2.59 bits per heavy atom. The number of benzene rings is 2. The summed E-state index contributed by atoms with van der Waals surface area (Å²) in [6.07, 6.45) is 0. The molecule has 154 valence electrons. The molecule has 2 N–H and O–H groups in total. The van der Waals surface area contributed by atoms with Crippen LogP contribution in [-0.4, -0.2) is 29.6 Å². The average molecular weight is 422 g/mol. The molecule has 10 heteroatoms.